The number of alkyl halides is 3. The fourth-order valence-corrected chi connectivity index (χ4v) is 4.77. The van der Waals surface area contributed by atoms with Crippen molar-refractivity contribution in [2.75, 3.05) is 23.3 Å². The monoisotopic (exact) mass is 441 g/mol. The molecule has 0 unspecified atom stereocenters. The lowest BCUT2D eigenvalue weighted by molar-refractivity contribution is -0.141. The summed E-state index contributed by atoms with van der Waals surface area (Å²) in [6.07, 6.45) is -1.92. The number of nitrogens with one attached hydrogen (secondary N) is 1. The molecule has 9 heteroatoms. The van der Waals surface area contributed by atoms with Gasteiger partial charge in [-0.15, -0.1) is 0 Å². The van der Waals surface area contributed by atoms with Gasteiger partial charge in [0.25, 0.3) is 5.91 Å². The van der Waals surface area contributed by atoms with Gasteiger partial charge in [-0.05, 0) is 42.7 Å². The molecule has 1 amide bonds. The van der Waals surface area contributed by atoms with Crippen LogP contribution in [0.4, 0.5) is 24.5 Å². The highest BCUT2D eigenvalue weighted by atomic mass is 19.4. The van der Waals surface area contributed by atoms with Gasteiger partial charge >= 0.3 is 6.18 Å². The molecular formula is C23H22F3N5O. The SMILES string of the molecule is NC(=O)c1cc2c(n1C1CCN(c3ccnc(C(F)(F)F)c3)CC1)-c1ccccc1NC2. The Bertz CT molecular complexity index is 1180. The maximum absolute atomic E-state index is 13.1. The smallest absolute Gasteiger partial charge is 0.380 e. The van der Waals surface area contributed by atoms with Gasteiger partial charge in [-0.2, -0.15) is 13.2 Å². The second kappa shape index (κ2) is 7.58. The highest BCUT2D eigenvalue weighted by Gasteiger charge is 2.34. The summed E-state index contributed by atoms with van der Waals surface area (Å²) in [5.74, 6) is -0.483. The van der Waals surface area contributed by atoms with Gasteiger partial charge in [-0.1, -0.05) is 18.2 Å². The molecule has 166 valence electrons. The molecule has 0 spiro atoms. The number of piperidine rings is 1. The van der Waals surface area contributed by atoms with E-state index in [1.807, 2.05) is 39.8 Å². The molecule has 1 saturated heterocycles. The molecule has 0 aliphatic carbocycles. The number of hydrogen-bond acceptors (Lipinski definition) is 4. The van der Waals surface area contributed by atoms with Crippen molar-refractivity contribution >= 4 is 17.3 Å². The number of fused-ring (bicyclic) bond motifs is 3. The lowest BCUT2D eigenvalue weighted by Gasteiger charge is -2.36. The van der Waals surface area contributed by atoms with Crippen LogP contribution in [0.15, 0.2) is 48.7 Å². The average Bonchev–Trinajstić information content (AvgIpc) is 3.19. The molecule has 0 saturated carbocycles. The summed E-state index contributed by atoms with van der Waals surface area (Å²) in [7, 11) is 0. The summed E-state index contributed by atoms with van der Waals surface area (Å²) < 4.78 is 41.2. The van der Waals surface area contributed by atoms with Crippen molar-refractivity contribution in [1.29, 1.82) is 0 Å². The molecule has 1 aromatic carbocycles. The number of rotatable bonds is 3. The number of anilines is 2. The first-order chi connectivity index (χ1) is 15.3. The topological polar surface area (TPSA) is 76.2 Å². The molecule has 4 heterocycles. The fraction of sp³-hybridized carbons (Fsp3) is 0.304. The third kappa shape index (κ3) is 3.47. The first-order valence-electron chi connectivity index (χ1n) is 10.5. The lowest BCUT2D eigenvalue weighted by atomic mass is 9.99. The van der Waals surface area contributed by atoms with E-state index in [2.05, 4.69) is 10.3 Å². The predicted octanol–water partition coefficient (Wildman–Crippen LogP) is 4.43. The zero-order valence-electron chi connectivity index (χ0n) is 17.2. The van der Waals surface area contributed by atoms with Gasteiger partial charge in [0.2, 0.25) is 0 Å². The van der Waals surface area contributed by atoms with Crippen LogP contribution in [-0.2, 0) is 12.7 Å². The molecule has 3 N–H and O–H groups in total. The van der Waals surface area contributed by atoms with Crippen molar-refractivity contribution in [3.63, 3.8) is 0 Å². The highest BCUT2D eigenvalue weighted by molar-refractivity contribution is 5.94. The van der Waals surface area contributed by atoms with Crippen molar-refractivity contribution in [2.45, 2.75) is 31.6 Å². The maximum atomic E-state index is 13.1. The van der Waals surface area contributed by atoms with Crippen LogP contribution in [0.2, 0.25) is 0 Å². The number of benzene rings is 1. The van der Waals surface area contributed by atoms with Crippen molar-refractivity contribution in [3.8, 4) is 11.3 Å². The van der Waals surface area contributed by atoms with Crippen LogP contribution in [-0.4, -0.2) is 28.5 Å². The first kappa shape index (κ1) is 20.4. The van der Waals surface area contributed by atoms with Crippen LogP contribution in [0, 0.1) is 0 Å². The number of carbonyl (C=O) groups excluding carboxylic acids is 1. The highest BCUT2D eigenvalue weighted by Crippen LogP contribution is 2.41. The second-order valence-corrected chi connectivity index (χ2v) is 8.15. The Morgan fingerprint density at radius 1 is 1.12 bits per heavy atom. The number of nitrogens with two attached hydrogens (primary N) is 1. The zero-order chi connectivity index (χ0) is 22.5. The largest absolute Gasteiger partial charge is 0.433 e. The summed E-state index contributed by atoms with van der Waals surface area (Å²) >= 11 is 0. The van der Waals surface area contributed by atoms with E-state index in [4.69, 9.17) is 5.73 Å². The molecule has 6 nitrogen and oxygen atoms in total. The number of nitrogens with zero attached hydrogens (tertiary/aromatic N) is 3. The van der Waals surface area contributed by atoms with Crippen LogP contribution < -0.4 is 16.0 Å². The van der Waals surface area contributed by atoms with Gasteiger partial charge in [-0.3, -0.25) is 9.78 Å². The fourth-order valence-electron chi connectivity index (χ4n) is 4.77. The Labute approximate surface area is 182 Å². The molecule has 0 bridgehead atoms. The Kier molecular flexibility index (Phi) is 4.83. The molecule has 32 heavy (non-hydrogen) atoms. The lowest BCUT2D eigenvalue weighted by Crippen LogP contribution is -2.36. The number of aromatic nitrogens is 2. The number of halogens is 3. The number of primary amides is 1. The predicted molar refractivity (Wildman–Crippen MR) is 115 cm³/mol. The quantitative estimate of drug-likeness (QED) is 0.630. The summed E-state index contributed by atoms with van der Waals surface area (Å²) in [4.78, 5) is 17.7. The number of carbonyl (C=O) groups is 1. The van der Waals surface area contributed by atoms with Gasteiger partial charge in [0.15, 0.2) is 0 Å². The molecular weight excluding hydrogens is 419 g/mol. The third-order valence-corrected chi connectivity index (χ3v) is 6.25. The minimum absolute atomic E-state index is 0.0209. The van der Waals surface area contributed by atoms with E-state index >= 15 is 0 Å². The minimum atomic E-state index is -4.48. The van der Waals surface area contributed by atoms with Crippen LogP contribution in [0.1, 0.15) is 40.6 Å². The van der Waals surface area contributed by atoms with E-state index in [0.29, 0.717) is 43.9 Å². The van der Waals surface area contributed by atoms with Gasteiger partial charge in [0, 0.05) is 48.8 Å². The average molecular weight is 441 g/mol. The normalized spacial score (nSPS) is 16.3. The van der Waals surface area contributed by atoms with Gasteiger partial charge < -0.3 is 20.5 Å². The number of pyridine rings is 1. The van der Waals surface area contributed by atoms with E-state index in [1.54, 1.807) is 6.07 Å². The van der Waals surface area contributed by atoms with E-state index in [-0.39, 0.29) is 6.04 Å². The summed E-state index contributed by atoms with van der Waals surface area (Å²) in [5, 5.41) is 3.38. The van der Waals surface area contributed by atoms with Gasteiger partial charge in [0.1, 0.15) is 11.4 Å². The number of hydrogen-bond donors (Lipinski definition) is 2. The van der Waals surface area contributed by atoms with Crippen molar-refractivity contribution in [1.82, 2.24) is 9.55 Å². The summed E-state index contributed by atoms with van der Waals surface area (Å²) in [6.45, 7) is 1.74. The minimum Gasteiger partial charge on any atom is -0.380 e. The van der Waals surface area contributed by atoms with Crippen LogP contribution in [0.5, 0.6) is 0 Å². The van der Waals surface area contributed by atoms with Crippen LogP contribution in [0.25, 0.3) is 11.3 Å². The number of para-hydroxylation sites is 1. The van der Waals surface area contributed by atoms with E-state index < -0.39 is 17.8 Å². The summed E-state index contributed by atoms with van der Waals surface area (Å²) in [6, 6.07) is 12.5. The molecule has 1 fully saturated rings. The maximum Gasteiger partial charge on any atom is 0.433 e. The standard InChI is InChI=1S/C23H22F3N5O/c24-23(25,26)20-12-16(5-8-28-20)30-9-6-15(7-10-30)31-19(22(27)32)11-14-13-29-18-4-2-1-3-17(18)21(14)31/h1-5,8,11-12,15,29H,6-7,9-10,13H2,(H2,27,32). The second-order valence-electron chi connectivity index (χ2n) is 8.15. The Balaban J connectivity index is 1.45. The van der Waals surface area contributed by atoms with Gasteiger partial charge in [0.05, 0.1) is 5.69 Å². The Hall–Kier alpha value is -3.49. The van der Waals surface area contributed by atoms with E-state index in [1.165, 1.54) is 6.20 Å². The molecule has 2 aliphatic rings. The molecule has 2 aliphatic heterocycles. The Morgan fingerprint density at radius 2 is 1.88 bits per heavy atom. The first-order valence-corrected chi connectivity index (χ1v) is 10.5. The molecule has 3 aromatic rings. The molecule has 5 rings (SSSR count). The molecule has 2 aromatic heterocycles. The third-order valence-electron chi connectivity index (χ3n) is 6.25. The van der Waals surface area contributed by atoms with E-state index in [9.17, 15) is 18.0 Å². The van der Waals surface area contributed by atoms with Gasteiger partial charge in [-0.25, -0.2) is 0 Å². The van der Waals surface area contributed by atoms with Crippen molar-refractivity contribution in [2.24, 2.45) is 5.73 Å². The number of amides is 1. The summed E-state index contributed by atoms with van der Waals surface area (Å²) in [5.41, 5.74) is 9.84. The molecule has 0 atom stereocenters. The van der Waals surface area contributed by atoms with Crippen LogP contribution >= 0.6 is 0 Å². The van der Waals surface area contributed by atoms with E-state index in [0.717, 1.165) is 28.6 Å². The van der Waals surface area contributed by atoms with Crippen molar-refractivity contribution < 1.29 is 18.0 Å². The Morgan fingerprint density at radius 3 is 2.59 bits per heavy atom. The molecule has 0 radical (unpaired) electrons. The van der Waals surface area contributed by atoms with Crippen molar-refractivity contribution in [3.05, 3.63) is 65.6 Å². The van der Waals surface area contributed by atoms with Crippen LogP contribution in [0.3, 0.4) is 0 Å². The zero-order valence-corrected chi connectivity index (χ0v) is 17.2.